The molecule has 0 aliphatic carbocycles. The van der Waals surface area contributed by atoms with Crippen molar-refractivity contribution in [2.24, 2.45) is 5.41 Å². The zero-order valence-electron chi connectivity index (χ0n) is 12.2. The largest absolute Gasteiger partial charge is 0.496 e. The van der Waals surface area contributed by atoms with E-state index in [0.717, 1.165) is 30.6 Å². The first-order valence-corrected chi connectivity index (χ1v) is 7.26. The monoisotopic (exact) mass is 282 g/mol. The maximum Gasteiger partial charge on any atom is 0.126 e. The minimum absolute atomic E-state index is 0.138. The number of benzene rings is 1. The molecule has 0 unspecified atom stereocenters. The summed E-state index contributed by atoms with van der Waals surface area (Å²) in [5.74, 6) is 0.828. The molecule has 19 heavy (non-hydrogen) atoms. The Morgan fingerprint density at radius 2 is 2.05 bits per heavy atom. The SMILES string of the molecule is COc1cc(Cl)ccc1[C@H]1CC[C@@H](CC(C)(C)C)O1. The molecule has 1 aliphatic rings. The van der Waals surface area contributed by atoms with E-state index in [1.165, 1.54) is 0 Å². The van der Waals surface area contributed by atoms with Crippen molar-refractivity contribution in [1.29, 1.82) is 0 Å². The second-order valence-corrected chi connectivity index (χ2v) is 6.91. The number of methoxy groups -OCH3 is 1. The molecule has 3 heteroatoms. The summed E-state index contributed by atoms with van der Waals surface area (Å²) in [5.41, 5.74) is 1.42. The Bertz CT molecular complexity index is 437. The number of hydrogen-bond acceptors (Lipinski definition) is 2. The van der Waals surface area contributed by atoms with E-state index in [-0.39, 0.29) is 6.10 Å². The first-order chi connectivity index (χ1) is 8.89. The molecule has 2 nitrogen and oxygen atoms in total. The van der Waals surface area contributed by atoms with Gasteiger partial charge in [-0.1, -0.05) is 38.4 Å². The fourth-order valence-electron chi connectivity index (χ4n) is 2.72. The van der Waals surface area contributed by atoms with Crippen LogP contribution < -0.4 is 4.74 Å². The Morgan fingerprint density at radius 3 is 2.68 bits per heavy atom. The van der Waals surface area contributed by atoms with Gasteiger partial charge in [-0.05, 0) is 36.8 Å². The average Bonchev–Trinajstić information content (AvgIpc) is 2.74. The Balaban J connectivity index is 2.08. The Morgan fingerprint density at radius 1 is 1.32 bits per heavy atom. The summed E-state index contributed by atoms with van der Waals surface area (Å²) in [5, 5.41) is 0.699. The topological polar surface area (TPSA) is 18.5 Å². The highest BCUT2D eigenvalue weighted by atomic mass is 35.5. The lowest BCUT2D eigenvalue weighted by molar-refractivity contribution is 0.0209. The molecule has 0 bridgehead atoms. The van der Waals surface area contributed by atoms with Gasteiger partial charge in [-0.2, -0.15) is 0 Å². The first kappa shape index (κ1) is 14.7. The molecule has 1 heterocycles. The molecule has 0 amide bonds. The highest BCUT2D eigenvalue weighted by molar-refractivity contribution is 6.30. The van der Waals surface area contributed by atoms with Gasteiger partial charge in [0.2, 0.25) is 0 Å². The Labute approximate surface area is 121 Å². The third-order valence-corrected chi connectivity index (χ3v) is 3.73. The normalized spacial score (nSPS) is 23.6. The number of halogens is 1. The quantitative estimate of drug-likeness (QED) is 0.776. The van der Waals surface area contributed by atoms with E-state index in [4.69, 9.17) is 21.1 Å². The molecule has 0 spiro atoms. The molecule has 0 saturated carbocycles. The van der Waals surface area contributed by atoms with Crippen LogP contribution in [0.15, 0.2) is 18.2 Å². The molecule has 1 aromatic rings. The van der Waals surface area contributed by atoms with Crippen LogP contribution in [0.3, 0.4) is 0 Å². The van der Waals surface area contributed by atoms with E-state index < -0.39 is 0 Å². The molecule has 0 radical (unpaired) electrons. The molecule has 1 saturated heterocycles. The van der Waals surface area contributed by atoms with Crippen molar-refractivity contribution in [3.05, 3.63) is 28.8 Å². The Hall–Kier alpha value is -0.730. The van der Waals surface area contributed by atoms with Crippen molar-refractivity contribution in [2.45, 2.75) is 52.2 Å². The second kappa shape index (κ2) is 5.72. The van der Waals surface area contributed by atoms with Gasteiger partial charge in [0.15, 0.2) is 0 Å². The minimum atomic E-state index is 0.138. The molecule has 2 rings (SSSR count). The molecule has 1 aromatic carbocycles. The third kappa shape index (κ3) is 3.87. The lowest BCUT2D eigenvalue weighted by atomic mass is 9.88. The molecule has 2 atom stereocenters. The van der Waals surface area contributed by atoms with Gasteiger partial charge in [0.1, 0.15) is 5.75 Å². The molecular formula is C16H23ClO2. The first-order valence-electron chi connectivity index (χ1n) is 6.88. The second-order valence-electron chi connectivity index (χ2n) is 6.48. The highest BCUT2D eigenvalue weighted by Gasteiger charge is 2.31. The Kier molecular flexibility index (Phi) is 4.42. The molecule has 1 aliphatic heterocycles. The predicted molar refractivity (Wildman–Crippen MR) is 78.9 cm³/mol. The molecule has 0 aromatic heterocycles. The van der Waals surface area contributed by atoms with Gasteiger partial charge >= 0.3 is 0 Å². The average molecular weight is 283 g/mol. The summed E-state index contributed by atoms with van der Waals surface area (Å²) >= 11 is 6.00. The number of ether oxygens (including phenoxy) is 2. The molecule has 1 fully saturated rings. The number of rotatable bonds is 3. The van der Waals surface area contributed by atoms with Crippen molar-refractivity contribution >= 4 is 11.6 Å². The summed E-state index contributed by atoms with van der Waals surface area (Å²) in [6.45, 7) is 6.77. The molecule has 0 N–H and O–H groups in total. The lowest BCUT2D eigenvalue weighted by Crippen LogP contribution is -2.17. The van der Waals surface area contributed by atoms with Crippen LogP contribution in [0.4, 0.5) is 0 Å². The van der Waals surface area contributed by atoms with Gasteiger partial charge in [-0.25, -0.2) is 0 Å². The summed E-state index contributed by atoms with van der Waals surface area (Å²) in [6.07, 6.45) is 3.76. The van der Waals surface area contributed by atoms with Crippen molar-refractivity contribution < 1.29 is 9.47 Å². The predicted octanol–water partition coefficient (Wildman–Crippen LogP) is 5.00. The van der Waals surface area contributed by atoms with Crippen LogP contribution in [0.1, 0.15) is 51.7 Å². The van der Waals surface area contributed by atoms with Crippen LogP contribution in [-0.2, 0) is 4.74 Å². The maximum absolute atomic E-state index is 6.18. The maximum atomic E-state index is 6.18. The summed E-state index contributed by atoms with van der Waals surface area (Å²) in [7, 11) is 1.68. The summed E-state index contributed by atoms with van der Waals surface area (Å²) in [6, 6.07) is 5.78. The summed E-state index contributed by atoms with van der Waals surface area (Å²) < 4.78 is 11.6. The van der Waals surface area contributed by atoms with Gasteiger partial charge in [0, 0.05) is 10.6 Å². The third-order valence-electron chi connectivity index (χ3n) is 3.49. The minimum Gasteiger partial charge on any atom is -0.496 e. The molecule has 106 valence electrons. The van der Waals surface area contributed by atoms with E-state index in [2.05, 4.69) is 20.8 Å². The van der Waals surface area contributed by atoms with Gasteiger partial charge < -0.3 is 9.47 Å². The molecular weight excluding hydrogens is 260 g/mol. The fourth-order valence-corrected chi connectivity index (χ4v) is 2.88. The van der Waals surface area contributed by atoms with Crippen molar-refractivity contribution in [3.8, 4) is 5.75 Å². The summed E-state index contributed by atoms with van der Waals surface area (Å²) in [4.78, 5) is 0. The number of hydrogen-bond donors (Lipinski definition) is 0. The van der Waals surface area contributed by atoms with E-state index in [1.807, 2.05) is 18.2 Å². The van der Waals surface area contributed by atoms with Gasteiger partial charge in [0.05, 0.1) is 19.3 Å². The highest BCUT2D eigenvalue weighted by Crippen LogP contribution is 2.41. The van der Waals surface area contributed by atoms with E-state index in [1.54, 1.807) is 7.11 Å². The fraction of sp³-hybridized carbons (Fsp3) is 0.625. The zero-order chi connectivity index (χ0) is 14.0. The van der Waals surface area contributed by atoms with Crippen molar-refractivity contribution in [3.63, 3.8) is 0 Å². The lowest BCUT2D eigenvalue weighted by Gasteiger charge is -2.23. The van der Waals surface area contributed by atoms with Crippen LogP contribution in [-0.4, -0.2) is 13.2 Å². The van der Waals surface area contributed by atoms with Crippen molar-refractivity contribution in [2.75, 3.05) is 7.11 Å². The van der Waals surface area contributed by atoms with Crippen LogP contribution in [0, 0.1) is 5.41 Å². The van der Waals surface area contributed by atoms with Gasteiger partial charge in [-0.15, -0.1) is 0 Å². The standard InChI is InChI=1S/C16H23ClO2/c1-16(2,3)10-12-6-8-14(19-12)13-7-5-11(17)9-15(13)18-4/h5,7,9,12,14H,6,8,10H2,1-4H3/t12-,14+/m0/s1. The van der Waals surface area contributed by atoms with E-state index in [9.17, 15) is 0 Å². The van der Waals surface area contributed by atoms with E-state index >= 15 is 0 Å². The van der Waals surface area contributed by atoms with Crippen molar-refractivity contribution in [1.82, 2.24) is 0 Å². The van der Waals surface area contributed by atoms with Gasteiger partial charge in [-0.3, -0.25) is 0 Å². The zero-order valence-corrected chi connectivity index (χ0v) is 13.0. The van der Waals surface area contributed by atoms with E-state index in [0.29, 0.717) is 16.5 Å². The van der Waals surface area contributed by atoms with Gasteiger partial charge in [0.25, 0.3) is 0 Å². The van der Waals surface area contributed by atoms with Crippen LogP contribution in [0.25, 0.3) is 0 Å². The van der Waals surface area contributed by atoms with Crippen LogP contribution >= 0.6 is 11.6 Å². The smallest absolute Gasteiger partial charge is 0.126 e. The van der Waals surface area contributed by atoms with Crippen LogP contribution in [0.5, 0.6) is 5.75 Å². The van der Waals surface area contributed by atoms with Crippen LogP contribution in [0.2, 0.25) is 5.02 Å².